The Kier molecular flexibility index (Phi) is 10.1. The summed E-state index contributed by atoms with van der Waals surface area (Å²) < 4.78 is 27.1. The Morgan fingerprint density at radius 3 is 2.67 bits per heavy atom. The lowest BCUT2D eigenvalue weighted by Crippen LogP contribution is -2.35. The number of nitrogens with one attached hydrogen (secondary N) is 1. The number of nitrogens with two attached hydrogens (primary N) is 1. The molecule has 7 heteroatoms. The van der Waals surface area contributed by atoms with Crippen LogP contribution in [0.15, 0.2) is 42.5 Å². The zero-order valence-electron chi connectivity index (χ0n) is 19.2. The van der Waals surface area contributed by atoms with Gasteiger partial charge in [-0.15, -0.1) is 0 Å². The summed E-state index contributed by atoms with van der Waals surface area (Å²) in [5.41, 5.74) is 6.02. The van der Waals surface area contributed by atoms with Crippen LogP contribution in [0.3, 0.4) is 0 Å². The fourth-order valence-electron chi connectivity index (χ4n) is 4.26. The van der Waals surface area contributed by atoms with Crippen LogP contribution in [0, 0.1) is 11.7 Å². The van der Waals surface area contributed by atoms with Gasteiger partial charge >= 0.3 is 0 Å². The highest BCUT2D eigenvalue weighted by Gasteiger charge is 2.27. The maximum Gasteiger partial charge on any atom is 0.181 e. The van der Waals surface area contributed by atoms with Gasteiger partial charge in [-0.2, -0.15) is 0 Å². The number of benzene rings is 2. The molecule has 0 bridgehead atoms. The number of hydrogen-bond donors (Lipinski definition) is 2. The number of carbonyl (C=O) groups excluding carboxylic acids is 1. The van der Waals surface area contributed by atoms with Crippen molar-refractivity contribution in [2.45, 2.75) is 57.5 Å². The van der Waals surface area contributed by atoms with Gasteiger partial charge < -0.3 is 20.5 Å². The van der Waals surface area contributed by atoms with Crippen molar-refractivity contribution >= 4 is 17.4 Å². The molecule has 2 aromatic rings. The Labute approximate surface area is 200 Å². The van der Waals surface area contributed by atoms with E-state index in [1.807, 2.05) is 25.1 Å². The van der Waals surface area contributed by atoms with Gasteiger partial charge in [0.25, 0.3) is 0 Å². The van der Waals surface area contributed by atoms with E-state index in [0.717, 1.165) is 32.5 Å². The number of para-hydroxylation sites is 1. The number of hydrogen-bond acceptors (Lipinski definition) is 5. The number of ether oxygens (including phenoxy) is 2. The minimum absolute atomic E-state index is 0.0193. The first-order valence-electron chi connectivity index (χ1n) is 11.7. The predicted molar refractivity (Wildman–Crippen MR) is 129 cm³/mol. The molecule has 0 radical (unpaired) electrons. The van der Waals surface area contributed by atoms with Gasteiger partial charge in [0.15, 0.2) is 11.6 Å². The van der Waals surface area contributed by atoms with Crippen LogP contribution in [-0.2, 0) is 9.53 Å². The molecule has 0 spiro atoms. The van der Waals surface area contributed by atoms with Crippen LogP contribution in [0.5, 0.6) is 11.5 Å². The van der Waals surface area contributed by atoms with E-state index in [4.69, 9.17) is 26.8 Å². The standard InChI is InChI=1S/C26H34ClFN2O3/c1-18(16-20(31)6-5-13-29)30-24(17-19-11-14-32-15-12-19)22-9-10-23(27)26(25(22)28)33-21-7-3-2-4-8-21/h2-4,7-10,18-19,24,30H,5-6,11-17,29H2,1H3/t18-,24-/m1/s1. The zero-order chi connectivity index (χ0) is 23.6. The minimum atomic E-state index is -0.474. The number of carbonyl (C=O) groups is 1. The van der Waals surface area contributed by atoms with E-state index in [2.05, 4.69) is 5.32 Å². The topological polar surface area (TPSA) is 73.6 Å². The Hall–Kier alpha value is -1.99. The molecule has 180 valence electrons. The van der Waals surface area contributed by atoms with Crippen molar-refractivity contribution in [3.8, 4) is 11.5 Å². The van der Waals surface area contributed by atoms with E-state index in [9.17, 15) is 4.79 Å². The summed E-state index contributed by atoms with van der Waals surface area (Å²) in [5, 5.41) is 3.73. The summed E-state index contributed by atoms with van der Waals surface area (Å²) in [5.74, 6) is 0.631. The van der Waals surface area contributed by atoms with Gasteiger partial charge in [-0.25, -0.2) is 4.39 Å². The first-order valence-corrected chi connectivity index (χ1v) is 12.1. The fraction of sp³-hybridized carbons (Fsp3) is 0.500. The van der Waals surface area contributed by atoms with E-state index >= 15 is 4.39 Å². The number of rotatable bonds is 12. The summed E-state index contributed by atoms with van der Waals surface area (Å²) in [6, 6.07) is 12.0. The highest BCUT2D eigenvalue weighted by Crippen LogP contribution is 2.38. The second kappa shape index (κ2) is 13.0. The van der Waals surface area contributed by atoms with Gasteiger partial charge in [-0.1, -0.05) is 35.9 Å². The average molecular weight is 477 g/mol. The SMILES string of the molecule is C[C@H](CC(=O)CCCN)N[C@H](CC1CCOCC1)c1ccc(Cl)c(Oc2ccccc2)c1F. The van der Waals surface area contributed by atoms with Gasteiger partial charge in [0.1, 0.15) is 11.5 Å². The van der Waals surface area contributed by atoms with Gasteiger partial charge in [0.05, 0.1) is 5.02 Å². The molecule has 3 N–H and O–H groups in total. The van der Waals surface area contributed by atoms with Gasteiger partial charge in [0, 0.05) is 43.7 Å². The first-order chi connectivity index (χ1) is 16.0. The van der Waals surface area contributed by atoms with Crippen LogP contribution >= 0.6 is 11.6 Å². The molecule has 2 aromatic carbocycles. The zero-order valence-corrected chi connectivity index (χ0v) is 20.0. The van der Waals surface area contributed by atoms with E-state index < -0.39 is 5.82 Å². The van der Waals surface area contributed by atoms with Crippen LogP contribution in [0.4, 0.5) is 4.39 Å². The van der Waals surface area contributed by atoms with Crippen molar-refractivity contribution in [3.05, 3.63) is 58.9 Å². The molecule has 0 saturated carbocycles. The van der Waals surface area contributed by atoms with Crippen molar-refractivity contribution in [1.29, 1.82) is 0 Å². The van der Waals surface area contributed by atoms with E-state index in [-0.39, 0.29) is 28.6 Å². The van der Waals surface area contributed by atoms with Crippen LogP contribution in [0.2, 0.25) is 5.02 Å². The molecule has 1 saturated heterocycles. The van der Waals surface area contributed by atoms with E-state index in [0.29, 0.717) is 43.0 Å². The monoisotopic (exact) mass is 476 g/mol. The third-order valence-electron chi connectivity index (χ3n) is 6.01. The Balaban J connectivity index is 1.82. The van der Waals surface area contributed by atoms with Crippen molar-refractivity contribution < 1.29 is 18.7 Å². The van der Waals surface area contributed by atoms with E-state index in [1.165, 1.54) is 0 Å². The van der Waals surface area contributed by atoms with Crippen LogP contribution in [-0.4, -0.2) is 31.6 Å². The molecule has 3 rings (SSSR count). The summed E-state index contributed by atoms with van der Waals surface area (Å²) in [6.45, 7) is 3.90. The normalized spacial score (nSPS) is 16.4. The summed E-state index contributed by atoms with van der Waals surface area (Å²) >= 11 is 6.31. The van der Waals surface area contributed by atoms with E-state index in [1.54, 1.807) is 24.3 Å². The molecule has 1 fully saturated rings. The minimum Gasteiger partial charge on any atom is -0.453 e. The largest absolute Gasteiger partial charge is 0.453 e. The maximum absolute atomic E-state index is 15.7. The molecule has 0 aromatic heterocycles. The average Bonchev–Trinajstić information content (AvgIpc) is 2.81. The third-order valence-corrected chi connectivity index (χ3v) is 6.30. The van der Waals surface area contributed by atoms with Gasteiger partial charge in [-0.3, -0.25) is 4.79 Å². The molecule has 33 heavy (non-hydrogen) atoms. The molecule has 0 unspecified atom stereocenters. The Morgan fingerprint density at radius 1 is 1.24 bits per heavy atom. The first kappa shape index (κ1) is 25.6. The fourth-order valence-corrected chi connectivity index (χ4v) is 4.45. The lowest BCUT2D eigenvalue weighted by molar-refractivity contribution is -0.119. The van der Waals surface area contributed by atoms with Crippen molar-refractivity contribution in [2.24, 2.45) is 11.7 Å². The highest BCUT2D eigenvalue weighted by molar-refractivity contribution is 6.32. The lowest BCUT2D eigenvalue weighted by atomic mass is 9.88. The number of Topliss-reactive ketones (excluding diaryl/α,β-unsaturated/α-hetero) is 1. The molecule has 1 heterocycles. The number of halogens is 2. The van der Waals surface area contributed by atoms with Crippen LogP contribution in [0.1, 0.15) is 57.1 Å². The van der Waals surface area contributed by atoms with Crippen LogP contribution < -0.4 is 15.8 Å². The van der Waals surface area contributed by atoms with Crippen molar-refractivity contribution in [1.82, 2.24) is 5.32 Å². The van der Waals surface area contributed by atoms with Gasteiger partial charge in [-0.05, 0) is 63.3 Å². The second-order valence-electron chi connectivity index (χ2n) is 8.74. The maximum atomic E-state index is 15.7. The number of ketones is 1. The summed E-state index contributed by atoms with van der Waals surface area (Å²) in [6.07, 6.45) is 4.15. The van der Waals surface area contributed by atoms with Crippen molar-refractivity contribution in [2.75, 3.05) is 19.8 Å². The van der Waals surface area contributed by atoms with Gasteiger partial charge in [0.2, 0.25) is 0 Å². The van der Waals surface area contributed by atoms with Crippen molar-refractivity contribution in [3.63, 3.8) is 0 Å². The molecule has 2 atom stereocenters. The Morgan fingerprint density at radius 2 is 1.97 bits per heavy atom. The second-order valence-corrected chi connectivity index (χ2v) is 9.15. The molecular weight excluding hydrogens is 443 g/mol. The predicted octanol–water partition coefficient (Wildman–Crippen LogP) is 5.81. The highest BCUT2D eigenvalue weighted by atomic mass is 35.5. The van der Waals surface area contributed by atoms with Crippen LogP contribution in [0.25, 0.3) is 0 Å². The molecule has 1 aliphatic rings. The molecule has 0 aliphatic carbocycles. The Bertz CT molecular complexity index is 891. The summed E-state index contributed by atoms with van der Waals surface area (Å²) in [4.78, 5) is 12.3. The quantitative estimate of drug-likeness (QED) is 0.404. The molecular formula is C26H34ClFN2O3. The third kappa shape index (κ3) is 7.78. The summed E-state index contributed by atoms with van der Waals surface area (Å²) in [7, 11) is 0. The molecule has 0 amide bonds. The lowest BCUT2D eigenvalue weighted by Gasteiger charge is -2.30. The smallest absolute Gasteiger partial charge is 0.181 e. The molecule has 1 aliphatic heterocycles. The molecule has 5 nitrogen and oxygen atoms in total.